The Morgan fingerprint density at radius 2 is 2.39 bits per heavy atom. The van der Waals surface area contributed by atoms with E-state index in [-0.39, 0.29) is 0 Å². The summed E-state index contributed by atoms with van der Waals surface area (Å²) in [5.41, 5.74) is 2.08. The summed E-state index contributed by atoms with van der Waals surface area (Å²) in [5.74, 6) is 0.560. The van der Waals surface area contributed by atoms with Gasteiger partial charge in [0, 0.05) is 28.9 Å². The number of benzene rings is 1. The van der Waals surface area contributed by atoms with Crippen molar-refractivity contribution in [3.8, 4) is 0 Å². The fourth-order valence-corrected chi connectivity index (χ4v) is 3.45. The molecule has 0 amide bonds. The van der Waals surface area contributed by atoms with Crippen molar-refractivity contribution < 1.29 is 4.74 Å². The molecule has 1 atom stereocenters. The molecule has 0 bridgehead atoms. The van der Waals surface area contributed by atoms with E-state index in [1.54, 1.807) is 0 Å². The van der Waals surface area contributed by atoms with Crippen LogP contribution in [0.3, 0.4) is 0 Å². The van der Waals surface area contributed by atoms with E-state index in [0.29, 0.717) is 5.92 Å². The monoisotopic (exact) mass is 328 g/mol. The van der Waals surface area contributed by atoms with Gasteiger partial charge in [-0.05, 0) is 25.5 Å². The van der Waals surface area contributed by atoms with Crippen molar-refractivity contribution in [3.63, 3.8) is 0 Å². The van der Waals surface area contributed by atoms with Gasteiger partial charge in [0.25, 0.3) is 0 Å². The van der Waals surface area contributed by atoms with E-state index in [1.807, 2.05) is 13.0 Å². The lowest BCUT2D eigenvalue weighted by atomic mass is 10.1. The van der Waals surface area contributed by atoms with Crippen LogP contribution in [-0.2, 0) is 11.3 Å². The first-order valence-corrected chi connectivity index (χ1v) is 7.22. The van der Waals surface area contributed by atoms with E-state index in [1.165, 1.54) is 0 Å². The van der Waals surface area contributed by atoms with Crippen LogP contribution in [0.4, 0.5) is 0 Å². The van der Waals surface area contributed by atoms with E-state index < -0.39 is 0 Å². The maximum Gasteiger partial charge on any atom is 0.0711 e. The molecule has 1 aliphatic heterocycles. The van der Waals surface area contributed by atoms with Gasteiger partial charge in [0.2, 0.25) is 0 Å². The van der Waals surface area contributed by atoms with Crippen LogP contribution in [0, 0.1) is 12.8 Å². The minimum absolute atomic E-state index is 0.560. The Labute approximate surface area is 119 Å². The molecule has 1 fully saturated rings. The zero-order chi connectivity index (χ0) is 12.7. The van der Waals surface area contributed by atoms with Gasteiger partial charge in [-0.25, -0.2) is 0 Å². The number of hydrogen-bond acceptors (Lipinski definition) is 2. The number of rotatable bonds is 2. The van der Waals surface area contributed by atoms with Gasteiger partial charge in [0.15, 0.2) is 0 Å². The van der Waals surface area contributed by atoms with Crippen molar-refractivity contribution in [2.45, 2.75) is 19.9 Å². The summed E-state index contributed by atoms with van der Waals surface area (Å²) in [6.45, 7) is 4.61. The maximum atomic E-state index is 6.29. The number of halogens is 2. The van der Waals surface area contributed by atoms with Gasteiger partial charge in [0.05, 0.1) is 22.8 Å². The van der Waals surface area contributed by atoms with Crippen molar-refractivity contribution in [1.82, 2.24) is 9.78 Å². The molecule has 1 aliphatic rings. The smallest absolute Gasteiger partial charge is 0.0711 e. The van der Waals surface area contributed by atoms with Crippen LogP contribution in [-0.4, -0.2) is 23.0 Å². The zero-order valence-electron chi connectivity index (χ0n) is 10.1. The number of ether oxygens (including phenoxy) is 1. The van der Waals surface area contributed by atoms with Crippen LogP contribution in [0.1, 0.15) is 12.1 Å². The lowest BCUT2D eigenvalue weighted by molar-refractivity contribution is 0.182. The largest absolute Gasteiger partial charge is 0.381 e. The highest BCUT2D eigenvalue weighted by Gasteiger charge is 2.19. The average Bonchev–Trinajstić information content (AvgIpc) is 2.88. The van der Waals surface area contributed by atoms with E-state index in [9.17, 15) is 0 Å². The Kier molecular flexibility index (Phi) is 3.34. The predicted octanol–water partition coefficient (Wildman–Crippen LogP) is 3.80. The molecular weight excluding hydrogens is 316 g/mol. The molecule has 5 heteroatoms. The predicted molar refractivity (Wildman–Crippen MR) is 76.1 cm³/mol. The summed E-state index contributed by atoms with van der Waals surface area (Å²) in [7, 11) is 0. The van der Waals surface area contributed by atoms with Crippen molar-refractivity contribution in [1.29, 1.82) is 0 Å². The van der Waals surface area contributed by atoms with E-state index >= 15 is 0 Å². The third-order valence-electron chi connectivity index (χ3n) is 3.40. The Morgan fingerprint density at radius 3 is 3.11 bits per heavy atom. The minimum Gasteiger partial charge on any atom is -0.381 e. The SMILES string of the molecule is Cc1nn(CC2CCOC2)c2cc(Br)cc(Cl)c12. The number of hydrogen-bond donors (Lipinski definition) is 0. The number of aromatic nitrogens is 2. The molecule has 3 nitrogen and oxygen atoms in total. The molecule has 0 spiro atoms. The Hall–Kier alpha value is -0.580. The topological polar surface area (TPSA) is 27.1 Å². The number of aryl methyl sites for hydroxylation is 1. The fraction of sp³-hybridized carbons (Fsp3) is 0.462. The highest BCUT2D eigenvalue weighted by molar-refractivity contribution is 9.10. The quantitative estimate of drug-likeness (QED) is 0.838. The molecule has 1 saturated heterocycles. The Morgan fingerprint density at radius 1 is 1.56 bits per heavy atom. The molecule has 2 aromatic rings. The lowest BCUT2D eigenvalue weighted by Gasteiger charge is -2.09. The molecule has 18 heavy (non-hydrogen) atoms. The maximum absolute atomic E-state index is 6.29. The Bertz CT molecular complexity index is 590. The first-order chi connectivity index (χ1) is 8.65. The molecular formula is C13H14BrClN2O. The molecule has 0 radical (unpaired) electrons. The van der Waals surface area contributed by atoms with Crippen molar-refractivity contribution in [2.24, 2.45) is 5.92 Å². The number of fused-ring (bicyclic) bond motifs is 1. The van der Waals surface area contributed by atoms with Gasteiger partial charge < -0.3 is 4.74 Å². The summed E-state index contributed by atoms with van der Waals surface area (Å²) in [6.07, 6.45) is 1.11. The highest BCUT2D eigenvalue weighted by Crippen LogP contribution is 2.31. The molecule has 96 valence electrons. The van der Waals surface area contributed by atoms with Gasteiger partial charge in [0.1, 0.15) is 0 Å². The molecule has 3 rings (SSSR count). The van der Waals surface area contributed by atoms with Crippen molar-refractivity contribution >= 4 is 38.4 Å². The number of nitrogens with zero attached hydrogens (tertiary/aromatic N) is 2. The second-order valence-electron chi connectivity index (χ2n) is 4.78. The van der Waals surface area contributed by atoms with Crippen LogP contribution in [0.15, 0.2) is 16.6 Å². The van der Waals surface area contributed by atoms with Crippen LogP contribution in [0.25, 0.3) is 10.9 Å². The van der Waals surface area contributed by atoms with Crippen LogP contribution in [0.2, 0.25) is 5.02 Å². The van der Waals surface area contributed by atoms with Crippen LogP contribution >= 0.6 is 27.5 Å². The summed E-state index contributed by atoms with van der Waals surface area (Å²) in [5, 5.41) is 6.42. The van der Waals surface area contributed by atoms with Gasteiger partial charge in [-0.15, -0.1) is 0 Å². The second kappa shape index (κ2) is 4.83. The molecule has 0 aliphatic carbocycles. The fourth-order valence-electron chi connectivity index (χ4n) is 2.52. The minimum atomic E-state index is 0.560. The summed E-state index contributed by atoms with van der Waals surface area (Å²) >= 11 is 9.78. The Balaban J connectivity index is 2.06. The first kappa shape index (κ1) is 12.5. The molecule has 2 heterocycles. The molecule has 1 aromatic carbocycles. The second-order valence-corrected chi connectivity index (χ2v) is 6.10. The third kappa shape index (κ3) is 2.17. The molecule has 1 aromatic heterocycles. The summed E-state index contributed by atoms with van der Waals surface area (Å²) in [4.78, 5) is 0. The van der Waals surface area contributed by atoms with E-state index in [4.69, 9.17) is 16.3 Å². The highest BCUT2D eigenvalue weighted by atomic mass is 79.9. The van der Waals surface area contributed by atoms with Gasteiger partial charge in [-0.1, -0.05) is 27.5 Å². The summed E-state index contributed by atoms with van der Waals surface area (Å²) < 4.78 is 8.47. The van der Waals surface area contributed by atoms with Crippen LogP contribution in [0.5, 0.6) is 0 Å². The molecule has 1 unspecified atom stereocenters. The van der Waals surface area contributed by atoms with Crippen LogP contribution < -0.4 is 0 Å². The zero-order valence-corrected chi connectivity index (χ0v) is 12.5. The molecule has 0 N–H and O–H groups in total. The van der Waals surface area contributed by atoms with Crippen molar-refractivity contribution in [2.75, 3.05) is 13.2 Å². The summed E-state index contributed by atoms with van der Waals surface area (Å²) in [6, 6.07) is 4.00. The van der Waals surface area contributed by atoms with E-state index in [0.717, 1.165) is 52.3 Å². The molecule has 0 saturated carbocycles. The first-order valence-electron chi connectivity index (χ1n) is 6.05. The van der Waals surface area contributed by atoms with E-state index in [2.05, 4.69) is 31.8 Å². The normalized spacial score (nSPS) is 19.8. The van der Waals surface area contributed by atoms with Gasteiger partial charge >= 0.3 is 0 Å². The third-order valence-corrected chi connectivity index (χ3v) is 4.16. The van der Waals surface area contributed by atoms with Gasteiger partial charge in [-0.3, -0.25) is 4.68 Å². The van der Waals surface area contributed by atoms with Crippen molar-refractivity contribution in [3.05, 3.63) is 27.3 Å². The van der Waals surface area contributed by atoms with Gasteiger partial charge in [-0.2, -0.15) is 5.10 Å². The lowest BCUT2D eigenvalue weighted by Crippen LogP contribution is -2.11. The average molecular weight is 330 g/mol. The standard InChI is InChI=1S/C13H14BrClN2O/c1-8-13-11(15)4-10(14)5-12(13)17(16-8)6-9-2-3-18-7-9/h4-5,9H,2-3,6-7H2,1H3.